The topological polar surface area (TPSA) is 91.4 Å². The average molecular weight is 453 g/mol. The third-order valence-corrected chi connectivity index (χ3v) is 6.19. The Balaban J connectivity index is 1.31. The fraction of sp³-hybridized carbons (Fsp3) is 0.143. The van der Waals surface area contributed by atoms with Gasteiger partial charge in [0.15, 0.2) is 0 Å². The van der Waals surface area contributed by atoms with Gasteiger partial charge in [-0.25, -0.2) is 4.79 Å². The SMILES string of the molecule is O=C(N[C@@H](Cc1ccc(O)cc1)C(=O)c1ccc[nH]1)OCC1c2ccccc2-c2ccccc21. The number of ketones is 1. The number of fused-ring (bicyclic) bond motifs is 3. The van der Waals surface area contributed by atoms with Gasteiger partial charge in [0, 0.05) is 18.5 Å². The van der Waals surface area contributed by atoms with Gasteiger partial charge in [0.05, 0.1) is 5.69 Å². The predicted molar refractivity (Wildman–Crippen MR) is 129 cm³/mol. The molecule has 3 aromatic carbocycles. The molecule has 34 heavy (non-hydrogen) atoms. The third-order valence-electron chi connectivity index (χ3n) is 6.19. The lowest BCUT2D eigenvalue weighted by Gasteiger charge is -2.19. The van der Waals surface area contributed by atoms with Gasteiger partial charge in [-0.1, -0.05) is 60.7 Å². The van der Waals surface area contributed by atoms with E-state index in [4.69, 9.17) is 4.74 Å². The van der Waals surface area contributed by atoms with E-state index in [1.807, 2.05) is 24.3 Å². The van der Waals surface area contributed by atoms with Crippen molar-refractivity contribution in [1.82, 2.24) is 10.3 Å². The Morgan fingerprint density at radius 3 is 2.15 bits per heavy atom. The van der Waals surface area contributed by atoms with Crippen LogP contribution in [0.15, 0.2) is 91.1 Å². The summed E-state index contributed by atoms with van der Waals surface area (Å²) in [4.78, 5) is 28.8. The number of rotatable bonds is 7. The van der Waals surface area contributed by atoms with E-state index in [2.05, 4.69) is 34.6 Å². The number of H-pyrrole nitrogens is 1. The Morgan fingerprint density at radius 1 is 0.882 bits per heavy atom. The van der Waals surface area contributed by atoms with Crippen LogP contribution in [0, 0.1) is 0 Å². The molecular formula is C28H24N2O4. The first-order chi connectivity index (χ1) is 16.6. The quantitative estimate of drug-likeness (QED) is 0.342. The molecule has 0 fully saturated rings. The van der Waals surface area contributed by atoms with Gasteiger partial charge >= 0.3 is 6.09 Å². The van der Waals surface area contributed by atoms with Crippen LogP contribution < -0.4 is 5.32 Å². The molecule has 0 radical (unpaired) electrons. The van der Waals surface area contributed by atoms with Gasteiger partial charge < -0.3 is 20.1 Å². The van der Waals surface area contributed by atoms with Crippen molar-refractivity contribution in [2.45, 2.75) is 18.4 Å². The molecule has 1 aliphatic rings. The minimum absolute atomic E-state index is 0.0622. The van der Waals surface area contributed by atoms with Gasteiger partial charge in [0.2, 0.25) is 5.78 Å². The number of hydrogen-bond donors (Lipinski definition) is 3. The number of phenolic OH excluding ortho intramolecular Hbond substituents is 1. The molecule has 6 heteroatoms. The Labute approximate surface area is 197 Å². The number of ether oxygens (including phenoxy) is 1. The Hall–Kier alpha value is -4.32. The summed E-state index contributed by atoms with van der Waals surface area (Å²) in [6.07, 6.45) is 1.28. The second-order valence-corrected chi connectivity index (χ2v) is 8.34. The normalized spacial score (nSPS) is 13.1. The predicted octanol–water partition coefficient (Wildman–Crippen LogP) is 5.05. The molecule has 5 rings (SSSR count). The summed E-state index contributed by atoms with van der Waals surface area (Å²) in [7, 11) is 0. The van der Waals surface area contributed by atoms with Crippen LogP contribution in [0.4, 0.5) is 4.79 Å². The fourth-order valence-electron chi connectivity index (χ4n) is 4.53. The average Bonchev–Trinajstić information content (AvgIpc) is 3.50. The third kappa shape index (κ3) is 4.30. The number of alkyl carbamates (subject to hydrolysis) is 1. The number of hydrogen-bond acceptors (Lipinski definition) is 4. The molecule has 0 aliphatic heterocycles. The number of benzene rings is 3. The van der Waals surface area contributed by atoms with Crippen LogP contribution >= 0.6 is 0 Å². The molecule has 1 aromatic heterocycles. The molecule has 3 N–H and O–H groups in total. The van der Waals surface area contributed by atoms with Gasteiger partial charge in [-0.05, 0) is 52.1 Å². The number of nitrogens with one attached hydrogen (secondary N) is 2. The second-order valence-electron chi connectivity index (χ2n) is 8.34. The van der Waals surface area contributed by atoms with Crippen LogP contribution in [0.5, 0.6) is 5.75 Å². The summed E-state index contributed by atoms with van der Waals surface area (Å²) in [6, 6.07) is 25.4. The van der Waals surface area contributed by atoms with E-state index in [0.29, 0.717) is 5.69 Å². The number of aromatic nitrogens is 1. The zero-order chi connectivity index (χ0) is 23.5. The molecule has 0 bridgehead atoms. The number of amides is 1. The van der Waals surface area contributed by atoms with E-state index < -0.39 is 12.1 Å². The van der Waals surface area contributed by atoms with Crippen LogP contribution in [-0.2, 0) is 11.2 Å². The van der Waals surface area contributed by atoms with E-state index in [1.54, 1.807) is 42.6 Å². The van der Waals surface area contributed by atoms with Gasteiger partial charge in [0.1, 0.15) is 18.4 Å². The maximum atomic E-state index is 13.0. The first-order valence-electron chi connectivity index (χ1n) is 11.2. The van der Waals surface area contributed by atoms with Crippen LogP contribution in [-0.4, -0.2) is 34.6 Å². The van der Waals surface area contributed by atoms with Crippen molar-refractivity contribution in [2.75, 3.05) is 6.61 Å². The maximum absolute atomic E-state index is 13.0. The lowest BCUT2D eigenvalue weighted by atomic mass is 9.98. The molecule has 1 heterocycles. The summed E-state index contributed by atoms with van der Waals surface area (Å²) in [5.74, 6) is -0.167. The van der Waals surface area contributed by atoms with Crippen molar-refractivity contribution in [3.8, 4) is 16.9 Å². The lowest BCUT2D eigenvalue weighted by Crippen LogP contribution is -2.43. The van der Waals surface area contributed by atoms with E-state index in [0.717, 1.165) is 27.8 Å². The first kappa shape index (κ1) is 21.5. The highest BCUT2D eigenvalue weighted by Crippen LogP contribution is 2.44. The molecule has 6 nitrogen and oxygen atoms in total. The highest BCUT2D eigenvalue weighted by atomic mass is 16.5. The number of Topliss-reactive ketones (excluding diaryl/α,β-unsaturated/α-hetero) is 1. The van der Waals surface area contributed by atoms with Crippen molar-refractivity contribution < 1.29 is 19.4 Å². The minimum atomic E-state index is -0.821. The molecule has 0 spiro atoms. The summed E-state index contributed by atoms with van der Waals surface area (Å²) >= 11 is 0. The Kier molecular flexibility index (Phi) is 5.87. The van der Waals surface area contributed by atoms with E-state index in [-0.39, 0.29) is 30.5 Å². The molecule has 0 saturated carbocycles. The van der Waals surface area contributed by atoms with Crippen molar-refractivity contribution in [3.63, 3.8) is 0 Å². The standard InChI is InChI=1S/C28H24N2O4/c31-19-13-11-18(12-14-19)16-26(27(32)25-10-5-15-29-25)30-28(33)34-17-24-22-8-3-1-6-20(22)21-7-2-4-9-23(21)24/h1-15,24,26,29,31H,16-17H2,(H,30,33)/t26-/m0/s1. The molecule has 170 valence electrons. The summed E-state index contributed by atoms with van der Waals surface area (Å²) in [5, 5.41) is 12.3. The summed E-state index contributed by atoms with van der Waals surface area (Å²) in [5.41, 5.74) is 5.77. The number of aromatic amines is 1. The molecule has 0 unspecified atom stereocenters. The van der Waals surface area contributed by atoms with E-state index in [9.17, 15) is 14.7 Å². The van der Waals surface area contributed by atoms with E-state index >= 15 is 0 Å². The number of carbonyl (C=O) groups excluding carboxylic acids is 2. The lowest BCUT2D eigenvalue weighted by molar-refractivity contribution is 0.0915. The number of carbonyl (C=O) groups is 2. The monoisotopic (exact) mass is 452 g/mol. The second kappa shape index (κ2) is 9.27. The highest BCUT2D eigenvalue weighted by Gasteiger charge is 2.30. The Bertz CT molecular complexity index is 1270. The van der Waals surface area contributed by atoms with Crippen molar-refractivity contribution in [1.29, 1.82) is 0 Å². The fourth-order valence-corrected chi connectivity index (χ4v) is 4.53. The summed E-state index contributed by atoms with van der Waals surface area (Å²) in [6.45, 7) is 0.169. The van der Waals surface area contributed by atoms with Crippen LogP contribution in [0.3, 0.4) is 0 Å². The van der Waals surface area contributed by atoms with E-state index in [1.165, 1.54) is 0 Å². The molecule has 1 amide bonds. The van der Waals surface area contributed by atoms with Gasteiger partial charge in [-0.2, -0.15) is 0 Å². The Morgan fingerprint density at radius 2 is 1.53 bits per heavy atom. The van der Waals surface area contributed by atoms with Crippen molar-refractivity contribution in [2.24, 2.45) is 0 Å². The highest BCUT2D eigenvalue weighted by molar-refractivity contribution is 6.00. The minimum Gasteiger partial charge on any atom is -0.508 e. The maximum Gasteiger partial charge on any atom is 0.407 e. The van der Waals surface area contributed by atoms with Gasteiger partial charge in [-0.15, -0.1) is 0 Å². The first-order valence-corrected chi connectivity index (χ1v) is 11.2. The zero-order valence-electron chi connectivity index (χ0n) is 18.4. The number of phenols is 1. The van der Waals surface area contributed by atoms with Crippen LogP contribution in [0.2, 0.25) is 0 Å². The molecular weight excluding hydrogens is 428 g/mol. The largest absolute Gasteiger partial charge is 0.508 e. The summed E-state index contributed by atoms with van der Waals surface area (Å²) < 4.78 is 5.64. The zero-order valence-corrected chi connectivity index (χ0v) is 18.4. The smallest absolute Gasteiger partial charge is 0.407 e. The molecule has 0 saturated heterocycles. The van der Waals surface area contributed by atoms with Crippen LogP contribution in [0.1, 0.15) is 33.1 Å². The molecule has 1 aliphatic carbocycles. The van der Waals surface area contributed by atoms with Crippen molar-refractivity contribution >= 4 is 11.9 Å². The van der Waals surface area contributed by atoms with Crippen molar-refractivity contribution in [3.05, 3.63) is 114 Å². The van der Waals surface area contributed by atoms with Gasteiger partial charge in [-0.3, -0.25) is 4.79 Å². The van der Waals surface area contributed by atoms with Gasteiger partial charge in [0.25, 0.3) is 0 Å². The molecule has 4 aromatic rings. The molecule has 1 atom stereocenters. The van der Waals surface area contributed by atoms with Crippen LogP contribution in [0.25, 0.3) is 11.1 Å². The number of aromatic hydroxyl groups is 1.